The Labute approximate surface area is 148 Å². The molecule has 0 saturated heterocycles. The maximum Gasteiger partial charge on any atom is 0.335 e. The third kappa shape index (κ3) is 4.31. The van der Waals surface area contributed by atoms with E-state index in [4.69, 9.17) is 14.6 Å². The molecule has 1 aliphatic rings. The lowest BCUT2D eigenvalue weighted by Gasteiger charge is -2.39. The number of benzene rings is 1. The first-order valence-corrected chi connectivity index (χ1v) is 7.74. The van der Waals surface area contributed by atoms with Crippen LogP contribution in [0, 0.1) is 0 Å². The van der Waals surface area contributed by atoms with E-state index < -0.39 is 48.7 Å². The van der Waals surface area contributed by atoms with Crippen LogP contribution in [0.5, 0.6) is 11.5 Å². The van der Waals surface area contributed by atoms with Crippen molar-refractivity contribution in [1.29, 1.82) is 0 Å². The lowest BCUT2D eigenvalue weighted by atomic mass is 9.79. The zero-order valence-corrected chi connectivity index (χ0v) is 13.9. The van der Waals surface area contributed by atoms with Gasteiger partial charge in [-0.1, -0.05) is 6.07 Å². The summed E-state index contributed by atoms with van der Waals surface area (Å²) in [6.45, 7) is 0. The van der Waals surface area contributed by atoms with Gasteiger partial charge in [-0.15, -0.1) is 0 Å². The summed E-state index contributed by atoms with van der Waals surface area (Å²) in [5.74, 6) is -2.34. The van der Waals surface area contributed by atoms with Crippen LogP contribution in [0.4, 0.5) is 0 Å². The summed E-state index contributed by atoms with van der Waals surface area (Å²) in [5.41, 5.74) is -1.78. The molecule has 1 unspecified atom stereocenters. The first kappa shape index (κ1) is 19.7. The number of methoxy groups -OCH3 is 1. The highest BCUT2D eigenvalue weighted by molar-refractivity contribution is 5.87. The molecule has 0 bridgehead atoms. The number of carboxylic acids is 1. The first-order chi connectivity index (χ1) is 12.2. The van der Waals surface area contributed by atoms with E-state index in [1.807, 2.05) is 0 Å². The van der Waals surface area contributed by atoms with Gasteiger partial charge in [-0.2, -0.15) is 0 Å². The number of hydrogen-bond donors (Lipinski definition) is 5. The summed E-state index contributed by atoms with van der Waals surface area (Å²) >= 11 is 0. The summed E-state index contributed by atoms with van der Waals surface area (Å²) in [5, 5.41) is 48.2. The van der Waals surface area contributed by atoms with E-state index in [2.05, 4.69) is 0 Å². The van der Waals surface area contributed by atoms with Gasteiger partial charge in [-0.25, -0.2) is 9.59 Å². The van der Waals surface area contributed by atoms with Crippen molar-refractivity contribution >= 4 is 18.0 Å². The van der Waals surface area contributed by atoms with Gasteiger partial charge in [0, 0.05) is 18.9 Å². The number of rotatable bonds is 5. The summed E-state index contributed by atoms with van der Waals surface area (Å²) in [7, 11) is 1.37. The van der Waals surface area contributed by atoms with Crippen molar-refractivity contribution in [2.75, 3.05) is 7.11 Å². The Kier molecular flexibility index (Phi) is 5.86. The van der Waals surface area contributed by atoms with E-state index in [1.54, 1.807) is 0 Å². The number of ether oxygens (including phenoxy) is 2. The van der Waals surface area contributed by atoms with E-state index in [-0.39, 0.29) is 11.5 Å². The Morgan fingerprint density at radius 2 is 1.96 bits per heavy atom. The number of aliphatic carboxylic acids is 1. The van der Waals surface area contributed by atoms with Crippen molar-refractivity contribution in [2.24, 2.45) is 0 Å². The van der Waals surface area contributed by atoms with Gasteiger partial charge in [0.25, 0.3) is 0 Å². The van der Waals surface area contributed by atoms with Crippen LogP contribution >= 0.6 is 0 Å². The SMILES string of the molecule is COc1cc(/C=C/C(=O)O[C@H]2C[C@@](O)(C(=O)O)CC(O)[C@@H]2O)ccc1O. The quantitative estimate of drug-likeness (QED) is 0.347. The standard InChI is InChI=1S/C17H20O9/c1-25-12-6-9(2-4-10(12)18)3-5-14(20)26-13-8-17(24,16(22)23)7-11(19)15(13)21/h2-6,11,13,15,18-19,21,24H,7-8H2,1H3,(H,22,23)/b5-3+/t11?,13-,15-,17+/m0/s1. The molecule has 0 radical (unpaired) electrons. The van der Waals surface area contributed by atoms with Gasteiger partial charge in [0.2, 0.25) is 0 Å². The third-order valence-corrected chi connectivity index (χ3v) is 4.14. The number of carbonyl (C=O) groups excluding carboxylic acids is 1. The molecule has 1 fully saturated rings. The number of phenolic OH excluding ortho intramolecular Hbond substituents is 1. The predicted octanol–water partition coefficient (Wildman–Crippen LogP) is -0.343. The molecule has 1 aliphatic carbocycles. The van der Waals surface area contributed by atoms with Gasteiger partial charge >= 0.3 is 11.9 Å². The number of phenols is 1. The van der Waals surface area contributed by atoms with Crippen LogP contribution in [-0.4, -0.2) is 68.5 Å². The molecule has 0 amide bonds. The molecule has 142 valence electrons. The monoisotopic (exact) mass is 368 g/mol. The normalized spacial score (nSPS) is 28.7. The maximum atomic E-state index is 11.9. The van der Waals surface area contributed by atoms with Crippen molar-refractivity contribution in [3.8, 4) is 11.5 Å². The molecule has 9 nitrogen and oxygen atoms in total. The minimum atomic E-state index is -2.29. The second-order valence-corrected chi connectivity index (χ2v) is 6.04. The Balaban J connectivity index is 2.07. The molecule has 0 aromatic heterocycles. The smallest absolute Gasteiger partial charge is 0.335 e. The summed E-state index contributed by atoms with van der Waals surface area (Å²) < 4.78 is 9.92. The fourth-order valence-electron chi connectivity index (χ4n) is 2.69. The molecule has 4 atom stereocenters. The van der Waals surface area contributed by atoms with Crippen LogP contribution in [0.25, 0.3) is 6.08 Å². The van der Waals surface area contributed by atoms with Gasteiger partial charge in [0.1, 0.15) is 12.2 Å². The molecule has 1 aromatic carbocycles. The number of aliphatic hydroxyl groups is 3. The molecule has 5 N–H and O–H groups in total. The van der Waals surface area contributed by atoms with E-state index >= 15 is 0 Å². The van der Waals surface area contributed by atoms with Crippen molar-refractivity contribution in [1.82, 2.24) is 0 Å². The third-order valence-electron chi connectivity index (χ3n) is 4.14. The topological polar surface area (TPSA) is 154 Å². The van der Waals surface area contributed by atoms with Gasteiger partial charge in [0.15, 0.2) is 17.1 Å². The van der Waals surface area contributed by atoms with E-state index in [9.17, 15) is 30.0 Å². The van der Waals surface area contributed by atoms with E-state index in [1.165, 1.54) is 31.4 Å². The highest BCUT2D eigenvalue weighted by Crippen LogP contribution is 2.31. The van der Waals surface area contributed by atoms with Crippen LogP contribution in [0.3, 0.4) is 0 Å². The highest BCUT2D eigenvalue weighted by atomic mass is 16.6. The highest BCUT2D eigenvalue weighted by Gasteiger charge is 2.50. The Morgan fingerprint density at radius 3 is 2.58 bits per heavy atom. The molecule has 26 heavy (non-hydrogen) atoms. The number of aromatic hydroxyl groups is 1. The van der Waals surface area contributed by atoms with E-state index in [0.29, 0.717) is 5.56 Å². The number of hydrogen-bond acceptors (Lipinski definition) is 8. The largest absolute Gasteiger partial charge is 0.504 e. The number of carboxylic acid groups (broad SMARTS) is 1. The molecule has 0 heterocycles. The van der Waals surface area contributed by atoms with Crippen molar-refractivity contribution in [2.45, 2.75) is 36.8 Å². The lowest BCUT2D eigenvalue weighted by molar-refractivity contribution is -0.196. The second kappa shape index (κ2) is 7.73. The molecular weight excluding hydrogens is 348 g/mol. The van der Waals surface area contributed by atoms with Gasteiger partial charge in [-0.3, -0.25) is 0 Å². The van der Waals surface area contributed by atoms with Gasteiger partial charge in [-0.05, 0) is 23.8 Å². The Bertz CT molecular complexity index is 714. The van der Waals surface area contributed by atoms with Gasteiger partial charge < -0.3 is 35.0 Å². The zero-order chi connectivity index (χ0) is 19.5. The van der Waals surface area contributed by atoms with Crippen LogP contribution in [0.2, 0.25) is 0 Å². The van der Waals surface area contributed by atoms with E-state index in [0.717, 1.165) is 6.08 Å². The average molecular weight is 368 g/mol. The number of aliphatic hydroxyl groups excluding tert-OH is 2. The molecule has 9 heteroatoms. The summed E-state index contributed by atoms with van der Waals surface area (Å²) in [6, 6.07) is 4.36. The van der Waals surface area contributed by atoms with Crippen molar-refractivity contribution in [3.05, 3.63) is 29.8 Å². The lowest BCUT2D eigenvalue weighted by Crippen LogP contribution is -2.57. The van der Waals surface area contributed by atoms with Crippen molar-refractivity contribution in [3.63, 3.8) is 0 Å². The average Bonchev–Trinajstić information content (AvgIpc) is 2.58. The Morgan fingerprint density at radius 1 is 1.27 bits per heavy atom. The zero-order valence-electron chi connectivity index (χ0n) is 13.9. The first-order valence-electron chi connectivity index (χ1n) is 7.74. The Hall–Kier alpha value is -2.62. The molecule has 1 saturated carbocycles. The van der Waals surface area contributed by atoms with Gasteiger partial charge in [0.05, 0.1) is 13.2 Å². The predicted molar refractivity (Wildman–Crippen MR) is 87.4 cm³/mol. The minimum absolute atomic E-state index is 0.0699. The fourth-order valence-corrected chi connectivity index (χ4v) is 2.69. The van der Waals surface area contributed by atoms with Crippen molar-refractivity contribution < 1.29 is 44.6 Å². The van der Waals surface area contributed by atoms with Crippen LogP contribution in [-0.2, 0) is 14.3 Å². The molecular formula is C17H20O9. The number of esters is 1. The molecule has 0 aliphatic heterocycles. The minimum Gasteiger partial charge on any atom is -0.504 e. The molecule has 1 aromatic rings. The maximum absolute atomic E-state index is 11.9. The number of carbonyl (C=O) groups is 2. The van der Waals surface area contributed by atoms with Crippen LogP contribution in [0.1, 0.15) is 18.4 Å². The summed E-state index contributed by atoms with van der Waals surface area (Å²) in [6.07, 6.45) is -3.17. The molecule has 0 spiro atoms. The second-order valence-electron chi connectivity index (χ2n) is 6.04. The van der Waals surface area contributed by atoms with Crippen LogP contribution < -0.4 is 4.74 Å². The summed E-state index contributed by atoms with van der Waals surface area (Å²) in [4.78, 5) is 23.1. The molecule has 2 rings (SSSR count). The fraction of sp³-hybridized carbons (Fsp3) is 0.412. The van der Waals surface area contributed by atoms with Crippen LogP contribution in [0.15, 0.2) is 24.3 Å².